The van der Waals surface area contributed by atoms with Crippen LogP contribution in [-0.2, 0) is 11.0 Å². The Morgan fingerprint density at radius 3 is 2.52 bits per heavy atom. The number of benzene rings is 2. The predicted octanol–water partition coefficient (Wildman–Crippen LogP) is 4.20. The molecule has 3 aromatic rings. The lowest BCUT2D eigenvalue weighted by atomic mass is 10.0. The van der Waals surface area contributed by atoms with Crippen LogP contribution in [0.4, 0.5) is 10.2 Å². The van der Waals surface area contributed by atoms with Gasteiger partial charge in [0, 0.05) is 11.3 Å². The highest BCUT2D eigenvalue weighted by molar-refractivity contribution is 7.86. The minimum absolute atomic E-state index is 0.318. The van der Waals surface area contributed by atoms with E-state index in [9.17, 15) is 8.60 Å². The van der Waals surface area contributed by atoms with Crippen LogP contribution in [0.25, 0.3) is 11.1 Å². The van der Waals surface area contributed by atoms with Gasteiger partial charge >= 0.3 is 0 Å². The second-order valence-corrected chi connectivity index (χ2v) is 6.58. The molecular formula is C19H14FN3OS. The van der Waals surface area contributed by atoms with Crippen molar-refractivity contribution in [1.29, 1.82) is 5.26 Å². The first-order valence-corrected chi connectivity index (χ1v) is 8.64. The third kappa shape index (κ3) is 3.90. The fraction of sp³-hybridized carbons (Fsp3) is 0.0526. The number of aryl methyl sites for hydroxylation is 1. The summed E-state index contributed by atoms with van der Waals surface area (Å²) in [5.41, 5.74) is 2.35. The molecule has 1 unspecified atom stereocenters. The van der Waals surface area contributed by atoms with E-state index in [0.29, 0.717) is 27.4 Å². The fourth-order valence-corrected chi connectivity index (χ4v) is 3.15. The first-order valence-electron chi connectivity index (χ1n) is 7.49. The lowest BCUT2D eigenvalue weighted by Crippen LogP contribution is -2.07. The van der Waals surface area contributed by atoms with Crippen molar-refractivity contribution >= 4 is 16.8 Å². The van der Waals surface area contributed by atoms with Gasteiger partial charge in [0.2, 0.25) is 0 Å². The SMILES string of the molecule is Cc1cccc(NS(=O)c2ccc(-c3ccc(C#N)cc3)c(F)c2)n1. The average molecular weight is 351 g/mol. The number of hydrogen-bond acceptors (Lipinski definition) is 3. The number of halogens is 1. The quantitative estimate of drug-likeness (QED) is 0.766. The molecule has 0 aliphatic carbocycles. The largest absolute Gasteiger partial charge is 0.285 e. The number of nitrogens with one attached hydrogen (secondary N) is 1. The smallest absolute Gasteiger partial charge is 0.151 e. The van der Waals surface area contributed by atoms with Crippen molar-refractivity contribution in [3.05, 3.63) is 77.7 Å². The number of aromatic nitrogens is 1. The molecule has 0 saturated carbocycles. The molecule has 0 radical (unpaired) electrons. The Kier molecular flexibility index (Phi) is 4.87. The normalized spacial score (nSPS) is 11.6. The molecule has 0 bridgehead atoms. The zero-order valence-electron chi connectivity index (χ0n) is 13.4. The molecule has 0 spiro atoms. The predicted molar refractivity (Wildman–Crippen MR) is 95.6 cm³/mol. The van der Waals surface area contributed by atoms with E-state index in [0.717, 1.165) is 5.69 Å². The number of nitriles is 1. The van der Waals surface area contributed by atoms with E-state index < -0.39 is 16.8 Å². The summed E-state index contributed by atoms with van der Waals surface area (Å²) in [5, 5.41) is 8.82. The maximum atomic E-state index is 14.4. The summed E-state index contributed by atoms with van der Waals surface area (Å²) in [7, 11) is -1.62. The van der Waals surface area contributed by atoms with Gasteiger partial charge in [0.05, 0.1) is 16.5 Å². The summed E-state index contributed by atoms with van der Waals surface area (Å²) < 4.78 is 29.6. The number of nitrogens with zero attached hydrogens (tertiary/aromatic N) is 2. The summed E-state index contributed by atoms with van der Waals surface area (Å²) in [6.07, 6.45) is 0. The molecule has 1 heterocycles. The van der Waals surface area contributed by atoms with Crippen molar-refractivity contribution < 1.29 is 8.60 Å². The first kappa shape index (κ1) is 16.8. The van der Waals surface area contributed by atoms with Gasteiger partial charge in [0.25, 0.3) is 0 Å². The Bertz CT molecular complexity index is 981. The van der Waals surface area contributed by atoms with Gasteiger partial charge < -0.3 is 0 Å². The monoisotopic (exact) mass is 351 g/mol. The molecule has 1 atom stereocenters. The standard InChI is InChI=1S/C19H14FN3OS/c1-13-3-2-4-19(22-13)23-25(24)16-9-10-17(18(20)11-16)15-7-5-14(12-21)6-8-15/h2-11H,1H3,(H,22,23). The van der Waals surface area contributed by atoms with Gasteiger partial charge in [-0.05, 0) is 48.9 Å². The Hall–Kier alpha value is -3.04. The highest BCUT2D eigenvalue weighted by Gasteiger charge is 2.11. The van der Waals surface area contributed by atoms with Gasteiger partial charge in [-0.1, -0.05) is 24.3 Å². The van der Waals surface area contributed by atoms with E-state index in [1.807, 2.05) is 19.1 Å². The average Bonchev–Trinajstić information content (AvgIpc) is 2.62. The lowest BCUT2D eigenvalue weighted by Gasteiger charge is -2.08. The van der Waals surface area contributed by atoms with E-state index in [2.05, 4.69) is 9.71 Å². The van der Waals surface area contributed by atoms with Crippen LogP contribution in [0.2, 0.25) is 0 Å². The molecule has 2 aromatic carbocycles. The molecule has 0 aliphatic heterocycles. The molecule has 3 rings (SSSR count). The highest BCUT2D eigenvalue weighted by atomic mass is 32.2. The maximum absolute atomic E-state index is 14.4. The summed E-state index contributed by atoms with van der Waals surface area (Å²) in [4.78, 5) is 4.54. The second-order valence-electron chi connectivity index (χ2n) is 5.37. The molecule has 1 N–H and O–H groups in total. The van der Waals surface area contributed by atoms with Crippen molar-refractivity contribution in [2.24, 2.45) is 0 Å². The van der Waals surface area contributed by atoms with E-state index in [1.54, 1.807) is 48.5 Å². The molecular weight excluding hydrogens is 337 g/mol. The van der Waals surface area contributed by atoms with Crippen LogP contribution >= 0.6 is 0 Å². The number of pyridine rings is 1. The van der Waals surface area contributed by atoms with Crippen LogP contribution in [0.15, 0.2) is 65.6 Å². The van der Waals surface area contributed by atoms with Crippen molar-refractivity contribution in [3.63, 3.8) is 0 Å². The Balaban J connectivity index is 1.83. The minimum Gasteiger partial charge on any atom is -0.285 e. The molecule has 0 aliphatic rings. The Morgan fingerprint density at radius 1 is 1.12 bits per heavy atom. The van der Waals surface area contributed by atoms with Gasteiger partial charge in [-0.2, -0.15) is 5.26 Å². The van der Waals surface area contributed by atoms with Crippen molar-refractivity contribution in [1.82, 2.24) is 4.98 Å². The Labute approximate surface area is 147 Å². The molecule has 0 amide bonds. The highest BCUT2D eigenvalue weighted by Crippen LogP contribution is 2.25. The van der Waals surface area contributed by atoms with Crippen LogP contribution in [0, 0.1) is 24.1 Å². The minimum atomic E-state index is -1.62. The van der Waals surface area contributed by atoms with Gasteiger partial charge in [0.1, 0.15) is 11.6 Å². The third-order valence-corrected chi connectivity index (χ3v) is 4.64. The number of hydrogen-bond donors (Lipinski definition) is 1. The molecule has 4 nitrogen and oxygen atoms in total. The van der Waals surface area contributed by atoms with Gasteiger partial charge in [-0.3, -0.25) is 4.72 Å². The van der Waals surface area contributed by atoms with Crippen LogP contribution < -0.4 is 4.72 Å². The van der Waals surface area contributed by atoms with E-state index in [1.165, 1.54) is 6.07 Å². The topological polar surface area (TPSA) is 65.8 Å². The third-order valence-electron chi connectivity index (χ3n) is 3.57. The molecule has 0 saturated heterocycles. The van der Waals surface area contributed by atoms with Crippen LogP contribution in [0.3, 0.4) is 0 Å². The maximum Gasteiger partial charge on any atom is 0.151 e. The lowest BCUT2D eigenvalue weighted by molar-refractivity contribution is 0.626. The summed E-state index contributed by atoms with van der Waals surface area (Å²) in [6.45, 7) is 1.83. The Morgan fingerprint density at radius 2 is 1.88 bits per heavy atom. The summed E-state index contributed by atoms with van der Waals surface area (Å²) in [5.74, 6) is -0.00975. The number of anilines is 1. The van der Waals surface area contributed by atoms with Crippen LogP contribution in [-0.4, -0.2) is 9.19 Å². The zero-order chi connectivity index (χ0) is 17.8. The molecule has 25 heavy (non-hydrogen) atoms. The first-order chi connectivity index (χ1) is 12.1. The van der Waals surface area contributed by atoms with Crippen molar-refractivity contribution in [2.75, 3.05) is 4.72 Å². The molecule has 1 aromatic heterocycles. The van der Waals surface area contributed by atoms with Crippen LogP contribution in [0.5, 0.6) is 0 Å². The van der Waals surface area contributed by atoms with Gasteiger partial charge in [0.15, 0.2) is 11.0 Å². The van der Waals surface area contributed by atoms with Crippen molar-refractivity contribution in [2.45, 2.75) is 11.8 Å². The van der Waals surface area contributed by atoms with E-state index in [-0.39, 0.29) is 0 Å². The summed E-state index contributed by atoms with van der Waals surface area (Å²) in [6, 6.07) is 18.4. The molecule has 0 fully saturated rings. The fourth-order valence-electron chi connectivity index (χ4n) is 2.32. The zero-order valence-corrected chi connectivity index (χ0v) is 14.2. The molecule has 6 heteroatoms. The van der Waals surface area contributed by atoms with E-state index >= 15 is 0 Å². The molecule has 124 valence electrons. The van der Waals surface area contributed by atoms with Crippen LogP contribution in [0.1, 0.15) is 11.3 Å². The van der Waals surface area contributed by atoms with Crippen molar-refractivity contribution in [3.8, 4) is 17.2 Å². The second kappa shape index (κ2) is 7.24. The van der Waals surface area contributed by atoms with Gasteiger partial charge in [-0.25, -0.2) is 13.6 Å². The van der Waals surface area contributed by atoms with E-state index in [4.69, 9.17) is 5.26 Å². The van der Waals surface area contributed by atoms with Gasteiger partial charge in [-0.15, -0.1) is 0 Å². The number of rotatable bonds is 4. The summed E-state index contributed by atoms with van der Waals surface area (Å²) >= 11 is 0.